The van der Waals surface area contributed by atoms with Crippen molar-refractivity contribution in [1.82, 2.24) is 4.90 Å². The Kier molecular flexibility index (Phi) is 5.39. The van der Waals surface area contributed by atoms with Crippen molar-refractivity contribution < 1.29 is 19.1 Å². The first-order chi connectivity index (χ1) is 14.0. The van der Waals surface area contributed by atoms with Gasteiger partial charge in [-0.1, -0.05) is 35.3 Å². The number of hydrogen-bond donors (Lipinski definition) is 0. The van der Waals surface area contributed by atoms with Gasteiger partial charge in [-0.05, 0) is 42.3 Å². The number of carbonyl (C=O) groups excluding carboxylic acids is 2. The van der Waals surface area contributed by atoms with Crippen LogP contribution in [0.2, 0.25) is 10.0 Å². The average molecular weight is 433 g/mol. The molecule has 8 heteroatoms. The van der Waals surface area contributed by atoms with Crippen molar-refractivity contribution in [3.63, 3.8) is 0 Å². The van der Waals surface area contributed by atoms with E-state index in [0.29, 0.717) is 45.8 Å². The van der Waals surface area contributed by atoms with Crippen LogP contribution in [0.15, 0.2) is 42.5 Å². The molecule has 0 bridgehead atoms. The Bertz CT molecular complexity index is 1010. The van der Waals surface area contributed by atoms with Crippen molar-refractivity contribution in [2.24, 2.45) is 0 Å². The van der Waals surface area contributed by atoms with Crippen molar-refractivity contribution in [1.29, 1.82) is 0 Å². The van der Waals surface area contributed by atoms with E-state index in [1.807, 2.05) is 12.1 Å². The van der Waals surface area contributed by atoms with Gasteiger partial charge in [0.25, 0.3) is 0 Å². The first kappa shape index (κ1) is 19.6. The summed E-state index contributed by atoms with van der Waals surface area (Å²) < 4.78 is 10.6. The lowest BCUT2D eigenvalue weighted by Crippen LogP contribution is -2.42. The highest BCUT2D eigenvalue weighted by Gasteiger charge is 2.37. The van der Waals surface area contributed by atoms with Crippen LogP contribution in [0.1, 0.15) is 12.0 Å². The van der Waals surface area contributed by atoms with Crippen LogP contribution in [0.5, 0.6) is 11.5 Å². The standard InChI is InChI=1S/C21H18Cl2N2O4/c1-24(17-8-9-25(21(17)27)16-5-3-2-4-14(16)22)19(26)7-6-13-10-15(23)20-18(11-13)28-12-29-20/h2-7,10-11,17H,8-9,12H2,1H3/b7-6+. The monoisotopic (exact) mass is 432 g/mol. The minimum atomic E-state index is -0.538. The van der Waals surface area contributed by atoms with Crippen LogP contribution in [-0.4, -0.2) is 43.1 Å². The summed E-state index contributed by atoms with van der Waals surface area (Å²) in [7, 11) is 1.62. The molecule has 1 atom stereocenters. The fourth-order valence-corrected chi connectivity index (χ4v) is 3.97. The van der Waals surface area contributed by atoms with Gasteiger partial charge < -0.3 is 19.3 Å². The molecule has 1 unspecified atom stereocenters. The van der Waals surface area contributed by atoms with Gasteiger partial charge in [0.2, 0.25) is 18.6 Å². The van der Waals surface area contributed by atoms with Crippen LogP contribution in [-0.2, 0) is 9.59 Å². The molecule has 0 N–H and O–H groups in total. The second-order valence-corrected chi connectivity index (χ2v) is 7.58. The van der Waals surface area contributed by atoms with E-state index in [9.17, 15) is 9.59 Å². The average Bonchev–Trinajstić information content (AvgIpc) is 3.33. The Morgan fingerprint density at radius 3 is 2.79 bits per heavy atom. The molecule has 150 valence electrons. The Morgan fingerprint density at radius 2 is 2.00 bits per heavy atom. The maximum atomic E-state index is 12.9. The van der Waals surface area contributed by atoms with E-state index in [0.717, 1.165) is 0 Å². The van der Waals surface area contributed by atoms with Crippen LogP contribution < -0.4 is 14.4 Å². The fourth-order valence-electron chi connectivity index (χ4n) is 3.46. The number of nitrogens with zero attached hydrogens (tertiary/aromatic N) is 2. The summed E-state index contributed by atoms with van der Waals surface area (Å²) in [6.07, 6.45) is 3.59. The van der Waals surface area contributed by atoms with Crippen molar-refractivity contribution in [2.45, 2.75) is 12.5 Å². The molecule has 2 aliphatic rings. The molecule has 29 heavy (non-hydrogen) atoms. The van der Waals surface area contributed by atoms with E-state index in [-0.39, 0.29) is 18.6 Å². The van der Waals surface area contributed by atoms with Crippen molar-refractivity contribution in [3.8, 4) is 11.5 Å². The number of fused-ring (bicyclic) bond motifs is 1. The van der Waals surface area contributed by atoms with E-state index in [1.165, 1.54) is 11.0 Å². The van der Waals surface area contributed by atoms with E-state index in [2.05, 4.69) is 0 Å². The summed E-state index contributed by atoms with van der Waals surface area (Å²) >= 11 is 12.4. The van der Waals surface area contributed by atoms with Gasteiger partial charge in [-0.3, -0.25) is 9.59 Å². The van der Waals surface area contributed by atoms with Gasteiger partial charge in [0.05, 0.1) is 15.7 Å². The first-order valence-electron chi connectivity index (χ1n) is 9.05. The quantitative estimate of drug-likeness (QED) is 0.685. The molecule has 2 amide bonds. The molecule has 2 aromatic rings. The minimum Gasteiger partial charge on any atom is -0.454 e. The van der Waals surface area contributed by atoms with Crippen molar-refractivity contribution in [2.75, 3.05) is 25.3 Å². The van der Waals surface area contributed by atoms with E-state index < -0.39 is 6.04 Å². The third-order valence-electron chi connectivity index (χ3n) is 5.00. The second kappa shape index (κ2) is 7.97. The topological polar surface area (TPSA) is 59.1 Å². The summed E-state index contributed by atoms with van der Waals surface area (Å²) in [6.45, 7) is 0.627. The van der Waals surface area contributed by atoms with Gasteiger partial charge in [-0.2, -0.15) is 0 Å². The number of benzene rings is 2. The van der Waals surface area contributed by atoms with Gasteiger partial charge in [0, 0.05) is 19.7 Å². The highest BCUT2D eigenvalue weighted by molar-refractivity contribution is 6.34. The minimum absolute atomic E-state index is 0.121. The van der Waals surface area contributed by atoms with E-state index >= 15 is 0 Å². The van der Waals surface area contributed by atoms with Crippen LogP contribution in [0, 0.1) is 0 Å². The van der Waals surface area contributed by atoms with Crippen LogP contribution in [0.3, 0.4) is 0 Å². The lowest BCUT2D eigenvalue weighted by Gasteiger charge is -2.23. The third-order valence-corrected chi connectivity index (χ3v) is 5.60. The predicted octanol–water partition coefficient (Wildman–Crippen LogP) is 4.00. The van der Waals surface area contributed by atoms with Gasteiger partial charge >= 0.3 is 0 Å². The zero-order valence-electron chi connectivity index (χ0n) is 15.6. The first-order valence-corrected chi connectivity index (χ1v) is 9.81. The van der Waals surface area contributed by atoms with Crippen LogP contribution in [0.4, 0.5) is 5.69 Å². The zero-order chi connectivity index (χ0) is 20.5. The molecule has 2 aliphatic heterocycles. The maximum Gasteiger partial charge on any atom is 0.249 e. The highest BCUT2D eigenvalue weighted by atomic mass is 35.5. The number of para-hydroxylation sites is 1. The van der Waals surface area contributed by atoms with E-state index in [4.69, 9.17) is 32.7 Å². The van der Waals surface area contributed by atoms with Gasteiger partial charge in [0.1, 0.15) is 6.04 Å². The van der Waals surface area contributed by atoms with Gasteiger partial charge in [-0.25, -0.2) is 0 Å². The summed E-state index contributed by atoms with van der Waals surface area (Å²) in [5, 5.41) is 0.928. The Balaban J connectivity index is 1.46. The number of amides is 2. The molecular formula is C21H18Cl2N2O4. The molecule has 0 saturated carbocycles. The van der Waals surface area contributed by atoms with E-state index in [1.54, 1.807) is 42.3 Å². The number of halogens is 2. The Morgan fingerprint density at radius 1 is 1.21 bits per heavy atom. The molecule has 4 rings (SSSR count). The molecule has 1 fully saturated rings. The lowest BCUT2D eigenvalue weighted by atomic mass is 10.1. The molecule has 2 heterocycles. The molecule has 0 radical (unpaired) electrons. The second-order valence-electron chi connectivity index (χ2n) is 6.76. The summed E-state index contributed by atoms with van der Waals surface area (Å²) in [4.78, 5) is 28.6. The summed E-state index contributed by atoms with van der Waals surface area (Å²) in [6, 6.07) is 10.1. The fraction of sp³-hybridized carbons (Fsp3) is 0.238. The largest absolute Gasteiger partial charge is 0.454 e. The molecular weight excluding hydrogens is 415 g/mol. The number of rotatable bonds is 4. The Hall–Kier alpha value is -2.70. The zero-order valence-corrected chi connectivity index (χ0v) is 17.1. The van der Waals surface area contributed by atoms with Crippen LogP contribution >= 0.6 is 23.2 Å². The summed E-state index contributed by atoms with van der Waals surface area (Å²) in [5.41, 5.74) is 1.37. The SMILES string of the molecule is CN(C(=O)/C=C/c1cc(Cl)c2c(c1)OCO2)C1CCN(c2ccccc2Cl)C1=O. The summed E-state index contributed by atoms with van der Waals surface area (Å²) in [5.74, 6) is 0.620. The predicted molar refractivity (Wildman–Crippen MR) is 112 cm³/mol. The molecule has 2 aromatic carbocycles. The molecule has 1 saturated heterocycles. The highest BCUT2D eigenvalue weighted by Crippen LogP contribution is 2.40. The van der Waals surface area contributed by atoms with Gasteiger partial charge in [-0.15, -0.1) is 0 Å². The Labute approximate surface area is 178 Å². The normalized spacial score (nSPS) is 18.0. The number of anilines is 1. The molecule has 6 nitrogen and oxygen atoms in total. The van der Waals surface area contributed by atoms with Crippen molar-refractivity contribution >= 4 is 46.8 Å². The molecule has 0 spiro atoms. The number of ether oxygens (including phenoxy) is 2. The molecule has 0 aromatic heterocycles. The number of likely N-dealkylation sites (N-methyl/N-ethyl adjacent to an activating group) is 1. The smallest absolute Gasteiger partial charge is 0.249 e. The maximum absolute atomic E-state index is 12.9. The lowest BCUT2D eigenvalue weighted by molar-refractivity contribution is -0.132. The number of hydrogen-bond acceptors (Lipinski definition) is 4. The third kappa shape index (κ3) is 3.78. The van der Waals surface area contributed by atoms with Crippen molar-refractivity contribution in [3.05, 3.63) is 58.1 Å². The van der Waals surface area contributed by atoms with Crippen LogP contribution in [0.25, 0.3) is 6.08 Å². The molecule has 0 aliphatic carbocycles. The van der Waals surface area contributed by atoms with Gasteiger partial charge in [0.15, 0.2) is 11.5 Å². The number of carbonyl (C=O) groups is 2.